The van der Waals surface area contributed by atoms with Gasteiger partial charge in [0, 0.05) is 50.0 Å². The maximum Gasteiger partial charge on any atom is 0.417 e. The highest BCUT2D eigenvalue weighted by molar-refractivity contribution is 5.80. The van der Waals surface area contributed by atoms with Crippen LogP contribution in [0, 0.1) is 17.2 Å². The Morgan fingerprint density at radius 2 is 1.18 bits per heavy atom. The zero-order valence-electron chi connectivity index (χ0n) is 51.2. The monoisotopic (exact) mass is 1170 g/mol. The van der Waals surface area contributed by atoms with E-state index < -0.39 is 64.1 Å². The van der Waals surface area contributed by atoms with Crippen LogP contribution in [0.4, 0.5) is 13.2 Å². The Bertz CT molecular complexity index is 2820. The summed E-state index contributed by atoms with van der Waals surface area (Å²) in [5, 5.41) is 10.3. The molecule has 0 aliphatic carbocycles. The smallest absolute Gasteiger partial charge is 0.417 e. The van der Waals surface area contributed by atoms with Crippen molar-refractivity contribution >= 4 is 41.9 Å². The third kappa shape index (κ3) is 21.6. The standard InChI is InChI=1S/C63H87F3N8O10/c1-59(2,3)81-55(76)37-70-31-30-69(41-71(38-56(77)82-60(4,5)6)43-72(42-70)39-57(78)83-61(7,8)9)36-54(75)73-28-24-44(25-29-73)40-80-53-33-46(21-22-51-49(34-67)48(23-26-68-51)45-18-14-13-15-19-45)50(63(64,65)66)32-47(53)35-74-27-17-16-20-52(74)58(79)84-62(10,11)12/h13-15,18-19,21-23,26,32-33,44,52H,16-17,20,24-25,27-31,35-43H2,1-12H3/b22-21+/t52-/m0/s1. The molecule has 18 nitrogen and oxygen atoms in total. The summed E-state index contributed by atoms with van der Waals surface area (Å²) in [5.74, 6) is -1.95. The summed E-state index contributed by atoms with van der Waals surface area (Å²) >= 11 is 0. The molecule has 460 valence electrons. The van der Waals surface area contributed by atoms with Crippen molar-refractivity contribution in [1.29, 1.82) is 5.26 Å². The average Bonchev–Trinajstić information content (AvgIpc) is 1.94. The molecule has 0 bridgehead atoms. The molecule has 3 aromatic rings. The van der Waals surface area contributed by atoms with Gasteiger partial charge in [0.15, 0.2) is 0 Å². The summed E-state index contributed by atoms with van der Waals surface area (Å²) in [6.45, 7) is 23.1. The van der Waals surface area contributed by atoms with Crippen LogP contribution in [0.15, 0.2) is 54.7 Å². The summed E-state index contributed by atoms with van der Waals surface area (Å²) in [6.07, 6.45) is 2.43. The van der Waals surface area contributed by atoms with E-state index in [0.717, 1.165) is 24.5 Å². The third-order valence-electron chi connectivity index (χ3n) is 13.9. The van der Waals surface area contributed by atoms with Crippen molar-refractivity contribution in [3.8, 4) is 22.9 Å². The predicted octanol–water partition coefficient (Wildman–Crippen LogP) is 9.24. The Morgan fingerprint density at radius 1 is 0.643 bits per heavy atom. The van der Waals surface area contributed by atoms with E-state index in [0.29, 0.717) is 57.5 Å². The van der Waals surface area contributed by atoms with Gasteiger partial charge < -0.3 is 28.6 Å². The van der Waals surface area contributed by atoms with E-state index in [4.69, 9.17) is 23.7 Å². The number of esters is 4. The van der Waals surface area contributed by atoms with Crippen molar-refractivity contribution in [1.82, 2.24) is 34.4 Å². The molecule has 21 heteroatoms. The molecule has 3 fully saturated rings. The second-order valence-corrected chi connectivity index (χ2v) is 26.1. The highest BCUT2D eigenvalue weighted by atomic mass is 19.4. The van der Waals surface area contributed by atoms with Gasteiger partial charge in [0.1, 0.15) is 40.3 Å². The number of pyridine rings is 1. The summed E-state index contributed by atoms with van der Waals surface area (Å²) in [5.41, 5.74) is -2.21. The number of rotatable bonds is 17. The summed E-state index contributed by atoms with van der Waals surface area (Å²) < 4.78 is 75.3. The Balaban J connectivity index is 1.23. The Labute approximate surface area is 494 Å². The number of benzene rings is 2. The minimum atomic E-state index is -4.81. The molecule has 0 saturated carbocycles. The van der Waals surface area contributed by atoms with E-state index >= 15 is 13.2 Å². The van der Waals surface area contributed by atoms with Gasteiger partial charge in [0.25, 0.3) is 0 Å². The fraction of sp³-hybridized carbons (Fsp3) is 0.603. The fourth-order valence-electron chi connectivity index (χ4n) is 10.4. The number of hydrogen-bond acceptors (Lipinski definition) is 17. The lowest BCUT2D eigenvalue weighted by Crippen LogP contribution is -2.51. The highest BCUT2D eigenvalue weighted by Crippen LogP contribution is 2.39. The van der Waals surface area contributed by atoms with Crippen LogP contribution in [0.2, 0.25) is 0 Å². The third-order valence-corrected chi connectivity index (χ3v) is 13.9. The molecule has 4 heterocycles. The molecule has 6 rings (SSSR count). The van der Waals surface area contributed by atoms with Gasteiger partial charge in [-0.05, 0) is 157 Å². The minimum absolute atomic E-state index is 0.0231. The van der Waals surface area contributed by atoms with E-state index in [2.05, 4.69) is 11.1 Å². The van der Waals surface area contributed by atoms with Gasteiger partial charge >= 0.3 is 30.1 Å². The van der Waals surface area contributed by atoms with Crippen LogP contribution in [0.5, 0.6) is 5.75 Å². The first-order valence-electron chi connectivity index (χ1n) is 29.0. The van der Waals surface area contributed by atoms with E-state index in [1.807, 2.05) is 45.0 Å². The Hall–Kier alpha value is -6.44. The first-order chi connectivity index (χ1) is 39.2. The number of carbonyl (C=O) groups is 5. The molecule has 3 aliphatic heterocycles. The molecule has 0 N–H and O–H groups in total. The van der Waals surface area contributed by atoms with Crippen molar-refractivity contribution in [3.05, 3.63) is 82.7 Å². The number of halogens is 3. The fourth-order valence-corrected chi connectivity index (χ4v) is 10.4. The molecule has 1 aromatic heterocycles. The maximum absolute atomic E-state index is 15.3. The second kappa shape index (κ2) is 28.6. The SMILES string of the molecule is CC(C)(C)OC(=O)CN1CCN(CC(=O)N2CCC(COc3cc(/C=C/c4nccc(-c5ccccc5)c4C#N)c(C(F)(F)F)cc3CN3CCCC[C@H]3C(=O)OC(C)(C)C)CC2)CN(CC(=O)OC(C)(C)C)CN(CC(=O)OC(C)(C)C)C1. The van der Waals surface area contributed by atoms with Crippen LogP contribution in [-0.4, -0.2) is 178 Å². The first-order valence-corrected chi connectivity index (χ1v) is 29.0. The minimum Gasteiger partial charge on any atom is -0.493 e. The van der Waals surface area contributed by atoms with Crippen LogP contribution < -0.4 is 4.74 Å². The van der Waals surface area contributed by atoms with Gasteiger partial charge in [-0.15, -0.1) is 0 Å². The highest BCUT2D eigenvalue weighted by Gasteiger charge is 2.38. The quantitative estimate of drug-likeness (QED) is 0.0918. The predicted molar refractivity (Wildman–Crippen MR) is 312 cm³/mol. The summed E-state index contributed by atoms with van der Waals surface area (Å²) in [7, 11) is 0. The van der Waals surface area contributed by atoms with Crippen LogP contribution in [0.25, 0.3) is 23.3 Å². The van der Waals surface area contributed by atoms with Gasteiger partial charge in [-0.25, -0.2) is 0 Å². The number of nitrogens with zero attached hydrogens (tertiary/aromatic N) is 8. The number of nitriles is 1. The number of alkyl halides is 3. The first kappa shape index (κ1) is 66.7. The number of hydrogen-bond donors (Lipinski definition) is 0. The number of amides is 1. The number of carbonyl (C=O) groups excluding carboxylic acids is 5. The number of ether oxygens (including phenoxy) is 5. The summed E-state index contributed by atoms with van der Waals surface area (Å²) in [6, 6.07) is 14.8. The molecule has 0 spiro atoms. The lowest BCUT2D eigenvalue weighted by Gasteiger charge is -2.36. The van der Waals surface area contributed by atoms with Crippen LogP contribution in [0.3, 0.4) is 0 Å². The number of piperidine rings is 2. The van der Waals surface area contributed by atoms with Crippen molar-refractivity contribution < 1.29 is 60.8 Å². The largest absolute Gasteiger partial charge is 0.493 e. The van der Waals surface area contributed by atoms with Gasteiger partial charge in [0.05, 0.1) is 69.6 Å². The molecule has 0 unspecified atom stereocenters. The molecule has 1 atom stereocenters. The Kier molecular flexibility index (Phi) is 22.7. The number of aromatic nitrogens is 1. The van der Waals surface area contributed by atoms with Gasteiger partial charge in [-0.2, -0.15) is 18.4 Å². The normalized spacial score (nSPS) is 18.3. The van der Waals surface area contributed by atoms with E-state index in [1.165, 1.54) is 24.4 Å². The summed E-state index contributed by atoms with van der Waals surface area (Å²) in [4.78, 5) is 83.3. The average molecular weight is 1170 g/mol. The topological polar surface area (TPSA) is 188 Å². The van der Waals surface area contributed by atoms with Crippen LogP contribution in [0.1, 0.15) is 143 Å². The molecular formula is C63H87F3N8O10. The molecule has 3 aliphatic rings. The van der Waals surface area contributed by atoms with E-state index in [9.17, 15) is 29.2 Å². The molecule has 84 heavy (non-hydrogen) atoms. The molecular weight excluding hydrogens is 1090 g/mol. The molecule has 2 aromatic carbocycles. The lowest BCUT2D eigenvalue weighted by atomic mass is 9.96. The van der Waals surface area contributed by atoms with Gasteiger partial charge in [-0.1, -0.05) is 42.8 Å². The zero-order valence-corrected chi connectivity index (χ0v) is 51.2. The van der Waals surface area contributed by atoms with Crippen molar-refractivity contribution in [2.45, 2.75) is 156 Å². The maximum atomic E-state index is 15.3. The van der Waals surface area contributed by atoms with E-state index in [-0.39, 0.29) is 99.3 Å². The van der Waals surface area contributed by atoms with Crippen molar-refractivity contribution in [2.75, 3.05) is 85.5 Å². The van der Waals surface area contributed by atoms with Gasteiger partial charge in [-0.3, -0.25) is 53.5 Å². The zero-order chi connectivity index (χ0) is 61.8. The van der Waals surface area contributed by atoms with Gasteiger partial charge in [0.2, 0.25) is 5.91 Å². The Morgan fingerprint density at radius 3 is 1.71 bits per heavy atom. The lowest BCUT2D eigenvalue weighted by molar-refractivity contribution is -0.163. The van der Waals surface area contributed by atoms with Crippen LogP contribution >= 0.6 is 0 Å². The molecule has 3 saturated heterocycles. The molecule has 0 radical (unpaired) electrons. The van der Waals surface area contributed by atoms with Crippen molar-refractivity contribution in [2.24, 2.45) is 5.92 Å². The second-order valence-electron chi connectivity index (χ2n) is 26.1. The van der Waals surface area contributed by atoms with Crippen molar-refractivity contribution in [3.63, 3.8) is 0 Å². The molecule has 1 amide bonds. The van der Waals surface area contributed by atoms with E-state index in [1.54, 1.807) is 104 Å². The number of likely N-dealkylation sites (tertiary alicyclic amines) is 2. The van der Waals surface area contributed by atoms with Crippen LogP contribution in [-0.2, 0) is 55.6 Å².